The average Bonchev–Trinajstić information content (AvgIpc) is 3.57. The first-order valence-corrected chi connectivity index (χ1v) is 11.8. The third-order valence-corrected chi connectivity index (χ3v) is 6.71. The summed E-state index contributed by atoms with van der Waals surface area (Å²) in [5, 5.41) is 7.70. The quantitative estimate of drug-likeness (QED) is 0.588. The summed E-state index contributed by atoms with van der Waals surface area (Å²) in [6, 6.07) is 8.09. The van der Waals surface area contributed by atoms with E-state index < -0.39 is 0 Å². The maximum atomic E-state index is 5.45. The van der Waals surface area contributed by atoms with Gasteiger partial charge in [0.15, 0.2) is 0 Å². The molecule has 2 aromatic heterocycles. The number of anilines is 1. The summed E-state index contributed by atoms with van der Waals surface area (Å²) in [6.45, 7) is 4.98. The molecule has 0 radical (unpaired) electrons. The van der Waals surface area contributed by atoms with Crippen molar-refractivity contribution in [2.45, 2.75) is 38.1 Å². The van der Waals surface area contributed by atoms with Crippen LogP contribution in [0.5, 0.6) is 11.5 Å². The van der Waals surface area contributed by atoms with Gasteiger partial charge in [-0.3, -0.25) is 10.00 Å². The Kier molecular flexibility index (Phi) is 6.44. The molecule has 2 aliphatic heterocycles. The van der Waals surface area contributed by atoms with Gasteiger partial charge >= 0.3 is 0 Å². The second-order valence-corrected chi connectivity index (χ2v) is 8.93. The molecule has 0 aliphatic carbocycles. The molecular formula is C25H32N6O2. The SMILES string of the molecule is COc1cc(CN2CCCC(c3[nH]ncc3-c3ccnc(N4CCCC4)n3)C2)cc(OC)c1. The molecule has 0 amide bonds. The van der Waals surface area contributed by atoms with Crippen LogP contribution >= 0.6 is 0 Å². The standard InChI is InChI=1S/C25H32N6O2/c1-32-20-12-18(13-21(14-20)33-2)16-30-9-5-6-19(17-30)24-22(15-27-29-24)23-7-8-26-25(28-23)31-10-3-4-11-31/h7-8,12-15,19H,3-6,9-11,16-17H2,1-2H3,(H,27,29). The molecule has 0 spiro atoms. The molecule has 2 saturated heterocycles. The molecule has 1 atom stereocenters. The number of nitrogens with one attached hydrogen (secondary N) is 1. The van der Waals surface area contributed by atoms with Gasteiger partial charge in [-0.05, 0) is 56.0 Å². The van der Waals surface area contributed by atoms with Gasteiger partial charge in [0.2, 0.25) is 5.95 Å². The monoisotopic (exact) mass is 448 g/mol. The minimum atomic E-state index is 0.383. The van der Waals surface area contributed by atoms with Crippen molar-refractivity contribution in [3.8, 4) is 22.8 Å². The number of aromatic amines is 1. The number of hydrogen-bond donors (Lipinski definition) is 1. The fraction of sp³-hybridized carbons (Fsp3) is 0.480. The highest BCUT2D eigenvalue weighted by atomic mass is 16.5. The topological polar surface area (TPSA) is 79.4 Å². The molecule has 0 saturated carbocycles. The number of benzene rings is 1. The van der Waals surface area contributed by atoms with Gasteiger partial charge in [0, 0.05) is 55.6 Å². The van der Waals surface area contributed by atoms with Crippen LogP contribution in [0, 0.1) is 0 Å². The van der Waals surface area contributed by atoms with E-state index in [1.165, 1.54) is 24.1 Å². The van der Waals surface area contributed by atoms with Crippen molar-refractivity contribution in [2.75, 3.05) is 45.3 Å². The molecule has 1 aromatic carbocycles. The minimum absolute atomic E-state index is 0.383. The van der Waals surface area contributed by atoms with E-state index >= 15 is 0 Å². The average molecular weight is 449 g/mol. The molecule has 5 rings (SSSR count). The number of H-pyrrole nitrogens is 1. The van der Waals surface area contributed by atoms with E-state index in [-0.39, 0.29) is 0 Å². The van der Waals surface area contributed by atoms with Crippen molar-refractivity contribution in [2.24, 2.45) is 0 Å². The number of nitrogens with zero attached hydrogens (tertiary/aromatic N) is 5. The summed E-state index contributed by atoms with van der Waals surface area (Å²) in [6.07, 6.45) is 8.49. The number of likely N-dealkylation sites (tertiary alicyclic amines) is 1. The van der Waals surface area contributed by atoms with Gasteiger partial charge < -0.3 is 14.4 Å². The van der Waals surface area contributed by atoms with Crippen LogP contribution < -0.4 is 14.4 Å². The molecule has 8 nitrogen and oxygen atoms in total. The van der Waals surface area contributed by atoms with Crippen LogP contribution in [0.2, 0.25) is 0 Å². The second-order valence-electron chi connectivity index (χ2n) is 8.93. The summed E-state index contributed by atoms with van der Waals surface area (Å²) < 4.78 is 10.9. The van der Waals surface area contributed by atoms with Crippen molar-refractivity contribution in [3.05, 3.63) is 47.9 Å². The predicted molar refractivity (Wildman–Crippen MR) is 128 cm³/mol. The molecule has 1 unspecified atom stereocenters. The van der Waals surface area contributed by atoms with Crippen LogP contribution in [0.3, 0.4) is 0 Å². The third kappa shape index (κ3) is 4.80. The Hall–Kier alpha value is -3.13. The van der Waals surface area contributed by atoms with E-state index in [0.29, 0.717) is 5.92 Å². The Morgan fingerprint density at radius 3 is 2.58 bits per heavy atom. The van der Waals surface area contributed by atoms with Crippen molar-refractivity contribution >= 4 is 5.95 Å². The van der Waals surface area contributed by atoms with E-state index in [1.54, 1.807) is 14.2 Å². The van der Waals surface area contributed by atoms with Crippen LogP contribution in [0.1, 0.15) is 42.9 Å². The lowest BCUT2D eigenvalue weighted by molar-refractivity contribution is 0.198. The summed E-state index contributed by atoms with van der Waals surface area (Å²) in [4.78, 5) is 14.2. The van der Waals surface area contributed by atoms with Gasteiger partial charge in [0.25, 0.3) is 0 Å². The minimum Gasteiger partial charge on any atom is -0.497 e. The van der Waals surface area contributed by atoms with E-state index in [4.69, 9.17) is 14.5 Å². The summed E-state index contributed by atoms with van der Waals surface area (Å²) >= 11 is 0. The highest BCUT2D eigenvalue weighted by Crippen LogP contribution is 2.34. The van der Waals surface area contributed by atoms with Crippen LogP contribution in [-0.4, -0.2) is 65.5 Å². The zero-order chi connectivity index (χ0) is 22.6. The van der Waals surface area contributed by atoms with Gasteiger partial charge in [-0.2, -0.15) is 5.10 Å². The number of piperidine rings is 1. The lowest BCUT2D eigenvalue weighted by atomic mass is 9.91. The van der Waals surface area contributed by atoms with Gasteiger partial charge in [0.05, 0.1) is 26.1 Å². The largest absolute Gasteiger partial charge is 0.497 e. The normalized spacial score (nSPS) is 19.1. The van der Waals surface area contributed by atoms with Crippen LogP contribution in [0.25, 0.3) is 11.3 Å². The number of ether oxygens (including phenoxy) is 2. The zero-order valence-electron chi connectivity index (χ0n) is 19.5. The summed E-state index contributed by atoms with van der Waals surface area (Å²) in [7, 11) is 3.38. The molecule has 2 fully saturated rings. The van der Waals surface area contributed by atoms with Crippen LogP contribution in [0.15, 0.2) is 36.7 Å². The van der Waals surface area contributed by atoms with Crippen LogP contribution in [0.4, 0.5) is 5.95 Å². The van der Waals surface area contributed by atoms with E-state index in [1.807, 2.05) is 24.5 Å². The Morgan fingerprint density at radius 1 is 1.03 bits per heavy atom. The molecule has 33 heavy (non-hydrogen) atoms. The van der Waals surface area contributed by atoms with Crippen molar-refractivity contribution in [1.29, 1.82) is 0 Å². The molecule has 2 aliphatic rings. The van der Waals surface area contributed by atoms with E-state index in [0.717, 1.165) is 74.3 Å². The smallest absolute Gasteiger partial charge is 0.225 e. The summed E-state index contributed by atoms with van der Waals surface area (Å²) in [5.74, 6) is 2.86. The Bertz CT molecular complexity index is 1060. The van der Waals surface area contributed by atoms with E-state index in [9.17, 15) is 0 Å². The molecular weight excluding hydrogens is 416 g/mol. The van der Waals surface area contributed by atoms with Crippen molar-refractivity contribution < 1.29 is 9.47 Å². The van der Waals surface area contributed by atoms with Gasteiger partial charge in [-0.25, -0.2) is 9.97 Å². The first kappa shape index (κ1) is 21.7. The third-order valence-electron chi connectivity index (χ3n) is 6.71. The first-order chi connectivity index (χ1) is 16.2. The number of hydrogen-bond acceptors (Lipinski definition) is 7. The second kappa shape index (κ2) is 9.79. The molecule has 8 heteroatoms. The van der Waals surface area contributed by atoms with Crippen LogP contribution in [-0.2, 0) is 6.54 Å². The number of rotatable bonds is 7. The molecule has 174 valence electrons. The maximum absolute atomic E-state index is 5.45. The fourth-order valence-corrected chi connectivity index (χ4v) is 5.03. The Morgan fingerprint density at radius 2 is 1.82 bits per heavy atom. The fourth-order valence-electron chi connectivity index (χ4n) is 5.03. The highest BCUT2D eigenvalue weighted by Gasteiger charge is 2.26. The maximum Gasteiger partial charge on any atom is 0.225 e. The number of methoxy groups -OCH3 is 2. The highest BCUT2D eigenvalue weighted by molar-refractivity contribution is 5.63. The van der Waals surface area contributed by atoms with E-state index in [2.05, 4.69) is 37.1 Å². The molecule has 1 N–H and O–H groups in total. The summed E-state index contributed by atoms with van der Waals surface area (Å²) in [5.41, 5.74) is 4.41. The molecule has 3 aromatic rings. The zero-order valence-corrected chi connectivity index (χ0v) is 19.5. The lowest BCUT2D eigenvalue weighted by Crippen LogP contribution is -2.34. The Labute approximate surface area is 194 Å². The molecule has 4 heterocycles. The molecule has 0 bridgehead atoms. The Balaban J connectivity index is 1.33. The lowest BCUT2D eigenvalue weighted by Gasteiger charge is -2.32. The van der Waals surface area contributed by atoms with Gasteiger partial charge in [-0.1, -0.05) is 0 Å². The van der Waals surface area contributed by atoms with Gasteiger partial charge in [0.1, 0.15) is 11.5 Å². The predicted octanol–water partition coefficient (Wildman–Crippen LogP) is 3.86. The van der Waals surface area contributed by atoms with Crippen molar-refractivity contribution in [1.82, 2.24) is 25.1 Å². The van der Waals surface area contributed by atoms with Gasteiger partial charge in [-0.15, -0.1) is 0 Å². The van der Waals surface area contributed by atoms with Crippen molar-refractivity contribution in [3.63, 3.8) is 0 Å². The first-order valence-electron chi connectivity index (χ1n) is 11.8. The number of aromatic nitrogens is 4.